The van der Waals surface area contributed by atoms with E-state index >= 15 is 0 Å². The minimum atomic E-state index is 0.266. The molecule has 15 heavy (non-hydrogen) atoms. The van der Waals surface area contributed by atoms with Gasteiger partial charge in [0.2, 0.25) is 0 Å². The molecular weight excluding hydrogens is 200 g/mol. The van der Waals surface area contributed by atoms with Crippen LogP contribution in [0, 0.1) is 13.8 Å². The van der Waals surface area contributed by atoms with Crippen LogP contribution in [0.5, 0.6) is 0 Å². The number of thiophene rings is 1. The molecule has 0 bridgehead atoms. The van der Waals surface area contributed by atoms with Gasteiger partial charge in [-0.2, -0.15) is 0 Å². The van der Waals surface area contributed by atoms with Crippen molar-refractivity contribution in [1.82, 2.24) is 0 Å². The van der Waals surface area contributed by atoms with E-state index in [1.54, 1.807) is 0 Å². The molecule has 0 aliphatic rings. The van der Waals surface area contributed by atoms with Crippen molar-refractivity contribution in [2.24, 2.45) is 0 Å². The number of hydrogen-bond acceptors (Lipinski definition) is 1. The van der Waals surface area contributed by atoms with Crippen LogP contribution in [-0.2, 0) is 5.41 Å². The molecule has 1 aromatic carbocycles. The molecule has 0 radical (unpaired) electrons. The van der Waals surface area contributed by atoms with Gasteiger partial charge in [-0.25, -0.2) is 0 Å². The maximum atomic E-state index is 2.30. The zero-order valence-corrected chi connectivity index (χ0v) is 11.0. The van der Waals surface area contributed by atoms with E-state index in [-0.39, 0.29) is 5.41 Å². The average Bonchev–Trinajstić information content (AvgIpc) is 2.43. The van der Waals surface area contributed by atoms with Crippen molar-refractivity contribution in [3.05, 3.63) is 34.2 Å². The van der Waals surface area contributed by atoms with Crippen LogP contribution in [0.25, 0.3) is 10.1 Å². The second-order valence-corrected chi connectivity index (χ2v) is 6.36. The summed E-state index contributed by atoms with van der Waals surface area (Å²) in [5.74, 6) is 0. The minimum Gasteiger partial charge on any atom is -0.139 e. The van der Waals surface area contributed by atoms with Gasteiger partial charge in [-0.3, -0.25) is 0 Å². The summed E-state index contributed by atoms with van der Waals surface area (Å²) in [6.07, 6.45) is 0. The largest absolute Gasteiger partial charge is 0.139 e. The number of rotatable bonds is 0. The maximum absolute atomic E-state index is 2.30. The summed E-state index contributed by atoms with van der Waals surface area (Å²) in [6.45, 7) is 11.3. The first-order chi connectivity index (χ1) is 6.89. The lowest BCUT2D eigenvalue weighted by molar-refractivity contribution is 0.601. The normalized spacial score (nSPS) is 12.3. The van der Waals surface area contributed by atoms with Crippen molar-refractivity contribution >= 4 is 21.4 Å². The lowest BCUT2D eigenvalue weighted by Gasteiger charge is -2.17. The quantitative estimate of drug-likeness (QED) is 0.595. The first-order valence-electron chi connectivity index (χ1n) is 5.40. The van der Waals surface area contributed by atoms with Crippen molar-refractivity contribution < 1.29 is 0 Å². The Morgan fingerprint density at radius 3 is 2.33 bits per heavy atom. The molecule has 1 heterocycles. The van der Waals surface area contributed by atoms with Crippen molar-refractivity contribution in [3.8, 4) is 0 Å². The summed E-state index contributed by atoms with van der Waals surface area (Å²) in [7, 11) is 0. The highest BCUT2D eigenvalue weighted by Crippen LogP contribution is 2.38. The minimum absolute atomic E-state index is 0.266. The topological polar surface area (TPSA) is 0 Å². The van der Waals surface area contributed by atoms with Crippen molar-refractivity contribution in [2.45, 2.75) is 40.0 Å². The van der Waals surface area contributed by atoms with E-state index in [1.165, 1.54) is 26.1 Å². The van der Waals surface area contributed by atoms with Gasteiger partial charge >= 0.3 is 0 Å². The molecule has 0 spiro atoms. The zero-order valence-electron chi connectivity index (χ0n) is 10.1. The van der Waals surface area contributed by atoms with Gasteiger partial charge < -0.3 is 0 Å². The molecule has 0 aliphatic carbocycles. The highest BCUT2D eigenvalue weighted by Gasteiger charge is 2.20. The second-order valence-electron chi connectivity index (χ2n) is 5.31. The highest BCUT2D eigenvalue weighted by atomic mass is 32.1. The number of hydrogen-bond donors (Lipinski definition) is 0. The lowest BCUT2D eigenvalue weighted by atomic mass is 9.91. The maximum Gasteiger partial charge on any atom is 0.0348 e. The highest BCUT2D eigenvalue weighted by molar-refractivity contribution is 7.19. The van der Waals surface area contributed by atoms with Gasteiger partial charge in [-0.15, -0.1) is 11.3 Å². The predicted molar refractivity (Wildman–Crippen MR) is 70.0 cm³/mol. The summed E-state index contributed by atoms with van der Waals surface area (Å²) in [5.41, 5.74) is 3.08. The predicted octanol–water partition coefficient (Wildman–Crippen LogP) is 4.82. The van der Waals surface area contributed by atoms with Crippen LogP contribution >= 0.6 is 11.3 Å². The molecule has 1 heteroatoms. The number of fused-ring (bicyclic) bond motifs is 1. The van der Waals surface area contributed by atoms with Crippen molar-refractivity contribution in [1.29, 1.82) is 0 Å². The van der Waals surface area contributed by atoms with Gasteiger partial charge in [-0.1, -0.05) is 38.5 Å². The smallest absolute Gasteiger partial charge is 0.0348 e. The van der Waals surface area contributed by atoms with E-state index < -0.39 is 0 Å². The zero-order chi connectivity index (χ0) is 11.2. The lowest BCUT2D eigenvalue weighted by Crippen LogP contribution is -2.09. The molecule has 80 valence electrons. The van der Waals surface area contributed by atoms with Gasteiger partial charge in [0.1, 0.15) is 0 Å². The van der Waals surface area contributed by atoms with Crippen LogP contribution in [0.3, 0.4) is 0 Å². The van der Waals surface area contributed by atoms with E-state index in [2.05, 4.69) is 52.8 Å². The number of aryl methyl sites for hydroxylation is 2. The molecule has 1 aromatic heterocycles. The Hall–Kier alpha value is -0.820. The Labute approximate surface area is 95.9 Å². The van der Waals surface area contributed by atoms with Crippen LogP contribution in [0.2, 0.25) is 0 Å². The van der Waals surface area contributed by atoms with Crippen molar-refractivity contribution in [2.75, 3.05) is 0 Å². The molecule has 0 saturated heterocycles. The fourth-order valence-corrected chi connectivity index (χ4v) is 3.30. The van der Waals surface area contributed by atoms with Crippen LogP contribution in [0.4, 0.5) is 0 Å². The molecule has 0 unspecified atom stereocenters. The van der Waals surface area contributed by atoms with E-state index in [0.717, 1.165) is 0 Å². The van der Waals surface area contributed by atoms with Gasteiger partial charge in [-0.05, 0) is 36.3 Å². The standard InChI is InChI=1S/C14H18S/c1-9-6-7-12-11(8-9)10(2)13(15-12)14(3,4)5/h6-8H,1-5H3. The van der Waals surface area contributed by atoms with E-state index in [4.69, 9.17) is 0 Å². The first kappa shape index (κ1) is 10.7. The summed E-state index contributed by atoms with van der Waals surface area (Å²) >= 11 is 1.94. The molecule has 0 aliphatic heterocycles. The van der Waals surface area contributed by atoms with Gasteiger partial charge in [0, 0.05) is 9.58 Å². The van der Waals surface area contributed by atoms with Crippen LogP contribution in [-0.4, -0.2) is 0 Å². The Kier molecular flexibility index (Phi) is 2.38. The Morgan fingerprint density at radius 2 is 1.73 bits per heavy atom. The monoisotopic (exact) mass is 218 g/mol. The molecule has 0 atom stereocenters. The summed E-state index contributed by atoms with van der Waals surface area (Å²) < 4.78 is 1.42. The van der Waals surface area contributed by atoms with Crippen LogP contribution < -0.4 is 0 Å². The molecule has 0 nitrogen and oxygen atoms in total. The third kappa shape index (κ3) is 1.81. The fourth-order valence-electron chi connectivity index (χ4n) is 2.05. The molecule has 2 rings (SSSR count). The third-order valence-corrected chi connectivity index (χ3v) is 4.47. The van der Waals surface area contributed by atoms with E-state index in [9.17, 15) is 0 Å². The summed E-state index contributed by atoms with van der Waals surface area (Å²) in [6, 6.07) is 6.75. The molecular formula is C14H18S. The molecule has 0 fully saturated rings. The van der Waals surface area contributed by atoms with Crippen LogP contribution in [0.15, 0.2) is 18.2 Å². The van der Waals surface area contributed by atoms with E-state index in [1.807, 2.05) is 11.3 Å². The van der Waals surface area contributed by atoms with Gasteiger partial charge in [0.15, 0.2) is 0 Å². The Morgan fingerprint density at radius 1 is 1.07 bits per heavy atom. The Bertz CT molecular complexity index is 498. The van der Waals surface area contributed by atoms with Crippen LogP contribution in [0.1, 0.15) is 36.8 Å². The molecule has 0 N–H and O–H groups in total. The van der Waals surface area contributed by atoms with Gasteiger partial charge in [0.25, 0.3) is 0 Å². The summed E-state index contributed by atoms with van der Waals surface area (Å²) in [4.78, 5) is 1.52. The second kappa shape index (κ2) is 3.34. The average molecular weight is 218 g/mol. The van der Waals surface area contributed by atoms with Gasteiger partial charge in [0.05, 0.1) is 0 Å². The third-order valence-electron chi connectivity index (χ3n) is 2.77. The summed E-state index contributed by atoms with van der Waals surface area (Å²) in [5, 5.41) is 1.44. The van der Waals surface area contributed by atoms with E-state index in [0.29, 0.717) is 0 Å². The molecule has 0 amide bonds. The Balaban J connectivity index is 2.76. The molecule has 2 aromatic rings. The first-order valence-corrected chi connectivity index (χ1v) is 6.21. The van der Waals surface area contributed by atoms with Crippen molar-refractivity contribution in [3.63, 3.8) is 0 Å². The fraction of sp³-hybridized carbons (Fsp3) is 0.429. The molecule has 0 saturated carbocycles. The number of benzene rings is 1. The SMILES string of the molecule is Cc1ccc2sc(C(C)(C)C)c(C)c2c1.